The number of ether oxygens (including phenoxy) is 1. The van der Waals surface area contributed by atoms with Crippen molar-refractivity contribution < 1.29 is 9.53 Å². The van der Waals surface area contributed by atoms with Gasteiger partial charge in [-0.3, -0.25) is 4.79 Å². The maximum absolute atomic E-state index is 13.4. The van der Waals surface area contributed by atoms with Crippen LogP contribution in [-0.4, -0.2) is 19.1 Å². The molecule has 26 heavy (non-hydrogen) atoms. The van der Waals surface area contributed by atoms with Crippen LogP contribution in [0, 0.1) is 0 Å². The van der Waals surface area contributed by atoms with Crippen molar-refractivity contribution in [3.05, 3.63) is 70.8 Å². The maximum atomic E-state index is 13.4. The van der Waals surface area contributed by atoms with Crippen molar-refractivity contribution in [1.29, 1.82) is 0 Å². The molecule has 1 aliphatic heterocycles. The predicted octanol–water partition coefficient (Wildman–Crippen LogP) is 4.10. The van der Waals surface area contributed by atoms with Crippen LogP contribution in [0.3, 0.4) is 0 Å². The van der Waals surface area contributed by atoms with Crippen molar-refractivity contribution in [1.82, 2.24) is 5.32 Å². The molecule has 0 saturated carbocycles. The molecule has 4 rings (SSSR count). The lowest BCUT2D eigenvalue weighted by Crippen LogP contribution is -2.48. The molecule has 1 saturated heterocycles. The van der Waals surface area contributed by atoms with Crippen molar-refractivity contribution in [2.24, 2.45) is 0 Å². The molecule has 136 valence electrons. The SMILES string of the molecule is C[C@@H](NC(=O)C1(c2ccccc2)CCOCC1)c1ccc2c(c1)CCC2. The molecule has 0 unspecified atom stereocenters. The van der Waals surface area contributed by atoms with E-state index in [2.05, 4.69) is 42.6 Å². The van der Waals surface area contributed by atoms with Crippen LogP contribution in [0.1, 0.15) is 54.5 Å². The standard InChI is InChI=1S/C23H27NO2/c1-17(19-11-10-18-6-5-7-20(18)16-19)24-22(25)23(12-14-26-15-13-23)21-8-3-2-4-9-21/h2-4,8-11,16-17H,5-7,12-15H2,1H3,(H,24,25)/t17-/m1/s1. The Labute approximate surface area is 155 Å². The summed E-state index contributed by atoms with van der Waals surface area (Å²) in [4.78, 5) is 13.4. The Kier molecular flexibility index (Phi) is 4.82. The molecule has 1 amide bonds. The third-order valence-electron chi connectivity index (χ3n) is 6.08. The van der Waals surface area contributed by atoms with Gasteiger partial charge in [-0.15, -0.1) is 0 Å². The molecule has 0 radical (unpaired) electrons. The molecule has 3 heteroatoms. The van der Waals surface area contributed by atoms with Crippen molar-refractivity contribution in [3.63, 3.8) is 0 Å². The molecule has 1 N–H and O–H groups in total. The van der Waals surface area contributed by atoms with Gasteiger partial charge in [0.1, 0.15) is 0 Å². The highest BCUT2D eigenvalue weighted by Crippen LogP contribution is 2.36. The van der Waals surface area contributed by atoms with E-state index >= 15 is 0 Å². The van der Waals surface area contributed by atoms with Crippen molar-refractivity contribution in [2.75, 3.05) is 13.2 Å². The highest BCUT2D eigenvalue weighted by molar-refractivity contribution is 5.88. The van der Waals surface area contributed by atoms with Gasteiger partial charge in [0, 0.05) is 13.2 Å². The van der Waals surface area contributed by atoms with E-state index in [1.807, 2.05) is 18.2 Å². The van der Waals surface area contributed by atoms with Gasteiger partial charge in [0.05, 0.1) is 11.5 Å². The minimum atomic E-state index is -0.482. The number of amides is 1. The summed E-state index contributed by atoms with van der Waals surface area (Å²) < 4.78 is 5.56. The Balaban J connectivity index is 1.56. The van der Waals surface area contributed by atoms with Crippen LogP contribution in [0.4, 0.5) is 0 Å². The zero-order valence-electron chi connectivity index (χ0n) is 15.5. The molecular formula is C23H27NO2. The number of rotatable bonds is 4. The molecule has 1 aliphatic carbocycles. The minimum absolute atomic E-state index is 0.0110. The summed E-state index contributed by atoms with van der Waals surface area (Å²) in [5, 5.41) is 3.30. The number of benzene rings is 2. The second-order valence-corrected chi connectivity index (χ2v) is 7.64. The lowest BCUT2D eigenvalue weighted by molar-refractivity contribution is -0.131. The molecule has 2 aliphatic rings. The first kappa shape index (κ1) is 17.3. The molecule has 0 spiro atoms. The fourth-order valence-electron chi connectivity index (χ4n) is 4.40. The topological polar surface area (TPSA) is 38.3 Å². The first-order valence-electron chi connectivity index (χ1n) is 9.75. The summed E-state index contributed by atoms with van der Waals surface area (Å²) in [5.74, 6) is 0.125. The van der Waals surface area contributed by atoms with E-state index < -0.39 is 5.41 Å². The highest BCUT2D eigenvalue weighted by atomic mass is 16.5. The number of fused-ring (bicyclic) bond motifs is 1. The Hall–Kier alpha value is -2.13. The monoisotopic (exact) mass is 349 g/mol. The summed E-state index contributed by atoms with van der Waals surface area (Å²) in [7, 11) is 0. The summed E-state index contributed by atoms with van der Waals surface area (Å²) in [6.45, 7) is 3.36. The molecular weight excluding hydrogens is 322 g/mol. The fourth-order valence-corrected chi connectivity index (χ4v) is 4.40. The van der Waals surface area contributed by atoms with Crippen LogP contribution in [-0.2, 0) is 27.8 Å². The zero-order valence-corrected chi connectivity index (χ0v) is 15.5. The molecule has 1 heterocycles. The van der Waals surface area contributed by atoms with Gasteiger partial charge >= 0.3 is 0 Å². The van der Waals surface area contributed by atoms with Crippen molar-refractivity contribution in [2.45, 2.75) is 50.5 Å². The quantitative estimate of drug-likeness (QED) is 0.902. The number of nitrogens with one attached hydrogen (secondary N) is 1. The van der Waals surface area contributed by atoms with E-state index in [1.165, 1.54) is 29.5 Å². The number of aryl methyl sites for hydroxylation is 2. The molecule has 0 aromatic heterocycles. The van der Waals surface area contributed by atoms with Crippen LogP contribution in [0.5, 0.6) is 0 Å². The Morgan fingerprint density at radius 2 is 1.77 bits per heavy atom. The van der Waals surface area contributed by atoms with Crippen molar-refractivity contribution in [3.8, 4) is 0 Å². The average molecular weight is 349 g/mol. The highest BCUT2D eigenvalue weighted by Gasteiger charge is 2.42. The van der Waals surface area contributed by atoms with E-state index in [0.717, 1.165) is 24.8 Å². The minimum Gasteiger partial charge on any atom is -0.381 e. The lowest BCUT2D eigenvalue weighted by atomic mass is 9.73. The second-order valence-electron chi connectivity index (χ2n) is 7.64. The van der Waals surface area contributed by atoms with E-state index in [1.54, 1.807) is 0 Å². The summed E-state index contributed by atoms with van der Waals surface area (Å²) >= 11 is 0. The lowest BCUT2D eigenvalue weighted by Gasteiger charge is -2.37. The number of hydrogen-bond acceptors (Lipinski definition) is 2. The molecule has 3 nitrogen and oxygen atoms in total. The molecule has 0 bridgehead atoms. The molecule has 2 aromatic rings. The zero-order chi connectivity index (χ0) is 18.0. The van der Waals surface area contributed by atoms with Crippen LogP contribution >= 0.6 is 0 Å². The predicted molar refractivity (Wildman–Crippen MR) is 103 cm³/mol. The molecule has 1 atom stereocenters. The number of hydrogen-bond donors (Lipinski definition) is 1. The van der Waals surface area contributed by atoms with Gasteiger partial charge in [0.2, 0.25) is 5.91 Å². The van der Waals surface area contributed by atoms with Gasteiger partial charge < -0.3 is 10.1 Å². The van der Waals surface area contributed by atoms with Crippen LogP contribution in [0.2, 0.25) is 0 Å². The third-order valence-corrected chi connectivity index (χ3v) is 6.08. The number of carbonyl (C=O) groups excluding carboxylic acids is 1. The normalized spacial score (nSPS) is 19.6. The third kappa shape index (κ3) is 3.16. The van der Waals surface area contributed by atoms with E-state index in [0.29, 0.717) is 13.2 Å². The van der Waals surface area contributed by atoms with Crippen molar-refractivity contribution >= 4 is 5.91 Å². The summed E-state index contributed by atoms with van der Waals surface area (Å²) in [5.41, 5.74) is 4.74. The van der Waals surface area contributed by atoms with Crippen LogP contribution in [0.15, 0.2) is 48.5 Å². The first-order valence-corrected chi connectivity index (χ1v) is 9.75. The molecule has 2 aromatic carbocycles. The molecule has 1 fully saturated rings. The summed E-state index contributed by atoms with van der Waals surface area (Å²) in [6, 6.07) is 16.9. The van der Waals surface area contributed by atoms with Crippen LogP contribution in [0.25, 0.3) is 0 Å². The Morgan fingerprint density at radius 3 is 2.54 bits per heavy atom. The van der Waals surface area contributed by atoms with E-state index in [9.17, 15) is 4.79 Å². The van der Waals surface area contributed by atoms with E-state index in [4.69, 9.17) is 4.74 Å². The van der Waals surface area contributed by atoms with Gasteiger partial charge in [-0.25, -0.2) is 0 Å². The average Bonchev–Trinajstić information content (AvgIpc) is 3.17. The Bertz CT molecular complexity index is 778. The van der Waals surface area contributed by atoms with Gasteiger partial charge in [0.15, 0.2) is 0 Å². The maximum Gasteiger partial charge on any atom is 0.231 e. The van der Waals surface area contributed by atoms with E-state index in [-0.39, 0.29) is 11.9 Å². The van der Waals surface area contributed by atoms with Gasteiger partial charge in [-0.05, 0) is 61.3 Å². The summed E-state index contributed by atoms with van der Waals surface area (Å²) in [6.07, 6.45) is 5.07. The largest absolute Gasteiger partial charge is 0.381 e. The van der Waals surface area contributed by atoms with Gasteiger partial charge in [0.25, 0.3) is 0 Å². The Morgan fingerprint density at radius 1 is 1.04 bits per heavy atom. The van der Waals surface area contributed by atoms with Gasteiger partial charge in [-0.1, -0.05) is 48.5 Å². The number of carbonyl (C=O) groups is 1. The first-order chi connectivity index (χ1) is 12.7. The van der Waals surface area contributed by atoms with Gasteiger partial charge in [-0.2, -0.15) is 0 Å². The smallest absolute Gasteiger partial charge is 0.231 e. The van der Waals surface area contributed by atoms with Crippen LogP contribution < -0.4 is 5.32 Å². The fraction of sp³-hybridized carbons (Fsp3) is 0.435. The second kappa shape index (κ2) is 7.24.